The second kappa shape index (κ2) is 5.06. The molecular weight excluding hydrogens is 245 g/mol. The summed E-state index contributed by atoms with van der Waals surface area (Å²) in [6, 6.07) is 5.38. The Morgan fingerprint density at radius 1 is 1.50 bits per heavy atom. The number of benzene rings is 1. The van der Waals surface area contributed by atoms with E-state index in [0.29, 0.717) is 10.4 Å². The number of aromatic carboxylic acids is 1. The van der Waals surface area contributed by atoms with Gasteiger partial charge in [0.1, 0.15) is 11.0 Å². The molecule has 1 heterocycles. The van der Waals surface area contributed by atoms with Crippen molar-refractivity contribution in [1.29, 1.82) is 0 Å². The van der Waals surface area contributed by atoms with Crippen molar-refractivity contribution in [2.75, 3.05) is 0 Å². The number of hydrogen-bond donors (Lipinski definition) is 1. The maximum absolute atomic E-state index is 10.5. The molecule has 0 aliphatic carbocycles. The number of nitrogens with zero attached hydrogens (tertiary/aromatic N) is 1. The molecule has 0 aliphatic heterocycles. The molecule has 1 aromatic heterocycles. The van der Waals surface area contributed by atoms with Crippen LogP contribution in [0.3, 0.4) is 0 Å². The van der Waals surface area contributed by atoms with E-state index in [1.807, 2.05) is 6.07 Å². The zero-order chi connectivity index (χ0) is 9.42. The molecule has 0 aliphatic rings. The van der Waals surface area contributed by atoms with Gasteiger partial charge in [0.15, 0.2) is 0 Å². The second-order valence-electron chi connectivity index (χ2n) is 2.43. The molecule has 3 nitrogen and oxygen atoms in total. The number of para-hydroxylation sites is 1. The van der Waals surface area contributed by atoms with Gasteiger partial charge in [-0.3, -0.25) is 0 Å². The summed E-state index contributed by atoms with van der Waals surface area (Å²) < 4.78 is 0.812. The van der Waals surface area contributed by atoms with E-state index >= 15 is 0 Å². The van der Waals surface area contributed by atoms with Crippen LogP contribution < -0.4 is 56.5 Å². The molecule has 0 saturated carbocycles. The monoisotopic (exact) mass is 249 g/mol. The van der Waals surface area contributed by atoms with E-state index in [2.05, 4.69) is 17.6 Å². The fourth-order valence-electron chi connectivity index (χ4n) is 1.02. The predicted molar refractivity (Wildman–Crippen MR) is 51.2 cm³/mol. The molecule has 2 aromatic rings. The van der Waals surface area contributed by atoms with Gasteiger partial charge in [-0.1, -0.05) is 6.07 Å². The number of carboxylic acids is 1. The topological polar surface area (TPSA) is 53.0 Å². The summed E-state index contributed by atoms with van der Waals surface area (Å²) in [5.74, 6) is -1.24. The fourth-order valence-corrected chi connectivity index (χ4v) is 2.18. The Labute approximate surface area is 132 Å². The Hall–Kier alpha value is 0.566. The first-order valence-corrected chi connectivity index (χ1v) is 4.75. The fraction of sp³-hybridized carbons (Fsp3) is 0. The largest absolute Gasteiger partial charge is 1.00 e. The van der Waals surface area contributed by atoms with E-state index in [0.717, 1.165) is 16.0 Å². The van der Waals surface area contributed by atoms with Gasteiger partial charge >= 0.3 is 51.4 Å². The van der Waals surface area contributed by atoms with Crippen LogP contribution in [0.25, 0.3) is 10.2 Å². The van der Waals surface area contributed by atoms with Crippen LogP contribution >= 0.6 is 24.0 Å². The molecule has 66 valence electrons. The normalized spacial score (nSPS) is 9.79. The molecular formula is C8H4KNO2S2. The third-order valence-corrected chi connectivity index (χ3v) is 2.93. The number of carbonyl (C=O) groups excluding carboxylic acids is 1. The van der Waals surface area contributed by atoms with Crippen LogP contribution in [0, 0.1) is 0 Å². The summed E-state index contributed by atoms with van der Waals surface area (Å²) in [6.07, 6.45) is 0. The number of rotatable bonds is 1. The first kappa shape index (κ1) is 12.6. The first-order chi connectivity index (χ1) is 6.18. The van der Waals surface area contributed by atoms with E-state index in [-0.39, 0.29) is 56.4 Å². The van der Waals surface area contributed by atoms with Crippen LogP contribution in [-0.4, -0.2) is 11.0 Å². The smallest absolute Gasteiger partial charge is 0.542 e. The van der Waals surface area contributed by atoms with Crippen LogP contribution in [0.2, 0.25) is 0 Å². The molecule has 0 spiro atoms. The average Bonchev–Trinajstić information content (AvgIpc) is 2.49. The summed E-state index contributed by atoms with van der Waals surface area (Å²) in [7, 11) is 0. The Kier molecular flexibility index (Phi) is 4.57. The maximum atomic E-state index is 10.5. The number of thiol groups is 1. The number of thiazole rings is 1. The predicted octanol–water partition coefficient (Wildman–Crippen LogP) is -2.05. The van der Waals surface area contributed by atoms with Gasteiger partial charge in [-0.05, 0) is 12.1 Å². The van der Waals surface area contributed by atoms with Crippen LogP contribution in [0.5, 0.6) is 0 Å². The van der Waals surface area contributed by atoms with Crippen LogP contribution in [-0.2, 0) is 0 Å². The minimum atomic E-state index is -1.24. The van der Waals surface area contributed by atoms with Gasteiger partial charge in [0.25, 0.3) is 0 Å². The molecule has 0 amide bonds. The van der Waals surface area contributed by atoms with Gasteiger partial charge in [0.2, 0.25) is 0 Å². The number of fused-ring (bicyclic) bond motifs is 1. The Balaban J connectivity index is 0.000000980. The molecule has 6 heteroatoms. The molecule has 0 bridgehead atoms. The van der Waals surface area contributed by atoms with Gasteiger partial charge in [-0.2, -0.15) is 0 Å². The van der Waals surface area contributed by atoms with Gasteiger partial charge in [0.05, 0.1) is 10.2 Å². The minimum Gasteiger partial charge on any atom is -0.542 e. The standard InChI is InChI=1S/C8H5NO2S2.K/c10-8(11)7-9-6-4(12)2-1-3-5(6)13-7;/h1-3,12H,(H,10,11);/q;+1/p-1. The van der Waals surface area contributed by atoms with Crippen molar-refractivity contribution >= 4 is 40.2 Å². The van der Waals surface area contributed by atoms with Crippen molar-refractivity contribution in [1.82, 2.24) is 4.98 Å². The summed E-state index contributed by atoms with van der Waals surface area (Å²) in [4.78, 5) is 15.1. The Morgan fingerprint density at radius 2 is 2.21 bits per heavy atom. The zero-order valence-electron chi connectivity index (χ0n) is 7.35. The number of hydrogen-bond acceptors (Lipinski definition) is 5. The van der Waals surface area contributed by atoms with Crippen LogP contribution in [0.1, 0.15) is 9.80 Å². The van der Waals surface area contributed by atoms with E-state index in [4.69, 9.17) is 0 Å². The van der Waals surface area contributed by atoms with E-state index in [1.54, 1.807) is 12.1 Å². The van der Waals surface area contributed by atoms with Crippen molar-refractivity contribution in [3.63, 3.8) is 0 Å². The first-order valence-electron chi connectivity index (χ1n) is 3.48. The van der Waals surface area contributed by atoms with Crippen molar-refractivity contribution in [3.8, 4) is 0 Å². The Morgan fingerprint density at radius 3 is 2.79 bits per heavy atom. The van der Waals surface area contributed by atoms with Crippen LogP contribution in [0.15, 0.2) is 23.1 Å². The minimum absolute atomic E-state index is 0. The van der Waals surface area contributed by atoms with Crippen molar-refractivity contribution in [2.45, 2.75) is 4.90 Å². The average molecular weight is 249 g/mol. The summed E-state index contributed by atoms with van der Waals surface area (Å²) in [6.45, 7) is 0. The van der Waals surface area contributed by atoms with E-state index in [9.17, 15) is 9.90 Å². The molecule has 14 heavy (non-hydrogen) atoms. The molecule has 0 N–H and O–H groups in total. The summed E-state index contributed by atoms with van der Waals surface area (Å²) in [5.41, 5.74) is 0.620. The van der Waals surface area contributed by atoms with Crippen molar-refractivity contribution in [3.05, 3.63) is 23.2 Å². The van der Waals surface area contributed by atoms with Crippen molar-refractivity contribution in [2.24, 2.45) is 0 Å². The van der Waals surface area contributed by atoms with Crippen molar-refractivity contribution < 1.29 is 61.3 Å². The van der Waals surface area contributed by atoms with Crippen LogP contribution in [0.4, 0.5) is 0 Å². The molecule has 1 aromatic carbocycles. The number of aromatic nitrogens is 1. The third kappa shape index (κ3) is 2.38. The van der Waals surface area contributed by atoms with E-state index in [1.165, 1.54) is 0 Å². The Bertz CT molecular complexity index is 483. The molecule has 0 fully saturated rings. The van der Waals surface area contributed by atoms with Gasteiger partial charge < -0.3 is 9.90 Å². The quantitative estimate of drug-likeness (QED) is 0.468. The molecule has 0 saturated heterocycles. The summed E-state index contributed by atoms with van der Waals surface area (Å²) in [5, 5.41) is 10.5. The van der Waals surface area contributed by atoms with Gasteiger partial charge in [-0.15, -0.1) is 24.0 Å². The third-order valence-electron chi connectivity index (χ3n) is 1.57. The maximum Gasteiger partial charge on any atom is 1.00 e. The SMILES string of the molecule is O=C([O-])c1nc2c(S)cccc2s1.[K+]. The zero-order valence-corrected chi connectivity index (χ0v) is 12.2. The number of carboxylic acid groups (broad SMARTS) is 1. The molecule has 0 atom stereocenters. The summed E-state index contributed by atoms with van der Waals surface area (Å²) >= 11 is 5.26. The van der Waals surface area contributed by atoms with Gasteiger partial charge in [-0.25, -0.2) is 4.98 Å². The second-order valence-corrected chi connectivity index (χ2v) is 3.94. The molecule has 0 unspecified atom stereocenters. The van der Waals surface area contributed by atoms with Gasteiger partial charge in [0, 0.05) is 4.90 Å². The molecule has 2 rings (SSSR count). The number of carbonyl (C=O) groups is 1. The molecule has 0 radical (unpaired) electrons. The van der Waals surface area contributed by atoms with E-state index < -0.39 is 5.97 Å².